The van der Waals surface area contributed by atoms with Crippen molar-refractivity contribution in [3.63, 3.8) is 0 Å². The molecule has 4 aromatic rings. The number of hydrogen-bond acceptors (Lipinski definition) is 4. The van der Waals surface area contributed by atoms with Crippen molar-refractivity contribution in [2.24, 2.45) is 4.99 Å². The van der Waals surface area contributed by atoms with Gasteiger partial charge in [-0.3, -0.25) is 10.1 Å². The summed E-state index contributed by atoms with van der Waals surface area (Å²) in [6.07, 6.45) is 1.51. The highest BCUT2D eigenvalue weighted by Gasteiger charge is 2.11. The van der Waals surface area contributed by atoms with Crippen molar-refractivity contribution in [2.45, 2.75) is 13.1 Å². The van der Waals surface area contributed by atoms with Gasteiger partial charge >= 0.3 is 0 Å². The molecular formula is C21H23IN6O. The fourth-order valence-corrected chi connectivity index (χ4v) is 3.16. The van der Waals surface area contributed by atoms with Gasteiger partial charge in [0.2, 0.25) is 0 Å². The highest BCUT2D eigenvalue weighted by Crippen LogP contribution is 2.20. The first kappa shape index (κ1) is 20.8. The van der Waals surface area contributed by atoms with E-state index in [1.165, 1.54) is 6.33 Å². The summed E-state index contributed by atoms with van der Waals surface area (Å²) in [6, 6.07) is 18.3. The van der Waals surface area contributed by atoms with Gasteiger partial charge in [-0.15, -0.1) is 24.0 Å². The monoisotopic (exact) mass is 502 g/mol. The normalized spacial score (nSPS) is 11.3. The average Bonchev–Trinajstić information content (AvgIpc) is 3.38. The van der Waals surface area contributed by atoms with Crippen molar-refractivity contribution >= 4 is 40.9 Å². The molecule has 0 saturated carbocycles. The number of fused-ring (bicyclic) bond motifs is 1. The van der Waals surface area contributed by atoms with Gasteiger partial charge in [-0.25, -0.2) is 4.98 Å². The van der Waals surface area contributed by atoms with Crippen LogP contribution in [0, 0.1) is 0 Å². The summed E-state index contributed by atoms with van der Waals surface area (Å²) in [5.74, 6) is 2.46. The van der Waals surface area contributed by atoms with Gasteiger partial charge in [0.15, 0.2) is 11.8 Å². The lowest BCUT2D eigenvalue weighted by molar-refractivity contribution is 0.412. The van der Waals surface area contributed by atoms with Crippen molar-refractivity contribution in [2.75, 3.05) is 14.1 Å². The molecule has 0 spiro atoms. The number of nitrogens with zero attached hydrogens (tertiary/aromatic N) is 4. The standard InChI is InChI=1S/C21H22N6O.HI/c1-22-21(27(2)13-18-11-16-7-3-4-9-19(16)28-18)23-12-15-6-5-8-17(10-15)20-24-14-25-26-20;/h3-11,14H,12-13H2,1-2H3,(H,22,23)(H,24,25,26);1H. The maximum Gasteiger partial charge on any atom is 0.194 e. The van der Waals surface area contributed by atoms with E-state index >= 15 is 0 Å². The molecule has 0 aliphatic heterocycles. The van der Waals surface area contributed by atoms with Crippen LogP contribution in [0.1, 0.15) is 11.3 Å². The highest BCUT2D eigenvalue weighted by atomic mass is 127. The number of aromatic amines is 1. The van der Waals surface area contributed by atoms with Crippen molar-refractivity contribution in [3.05, 3.63) is 72.2 Å². The first-order chi connectivity index (χ1) is 13.7. The number of benzene rings is 2. The Morgan fingerprint density at radius 1 is 1.17 bits per heavy atom. The molecule has 2 N–H and O–H groups in total. The molecule has 4 rings (SSSR count). The Morgan fingerprint density at radius 3 is 2.79 bits per heavy atom. The van der Waals surface area contributed by atoms with Gasteiger partial charge in [-0.1, -0.05) is 36.4 Å². The van der Waals surface area contributed by atoms with Crippen LogP contribution in [0.15, 0.2) is 70.3 Å². The van der Waals surface area contributed by atoms with Crippen LogP contribution in [0.5, 0.6) is 0 Å². The fraction of sp³-hybridized carbons (Fsp3) is 0.190. The van der Waals surface area contributed by atoms with E-state index in [1.54, 1.807) is 7.05 Å². The first-order valence-corrected chi connectivity index (χ1v) is 9.07. The highest BCUT2D eigenvalue weighted by molar-refractivity contribution is 14.0. The molecule has 29 heavy (non-hydrogen) atoms. The number of H-pyrrole nitrogens is 1. The van der Waals surface area contributed by atoms with Gasteiger partial charge in [-0.05, 0) is 23.8 Å². The predicted octanol–water partition coefficient (Wildman–Crippen LogP) is 4.04. The van der Waals surface area contributed by atoms with Crippen LogP contribution in [0.4, 0.5) is 0 Å². The molecule has 0 bridgehead atoms. The molecule has 0 fully saturated rings. The molecule has 0 amide bonds. The summed E-state index contributed by atoms with van der Waals surface area (Å²) < 4.78 is 5.91. The van der Waals surface area contributed by atoms with Gasteiger partial charge in [0, 0.05) is 31.6 Å². The molecular weight excluding hydrogens is 479 g/mol. The number of hydrogen-bond donors (Lipinski definition) is 2. The second kappa shape index (κ2) is 9.55. The van der Waals surface area contributed by atoms with Crippen molar-refractivity contribution in [3.8, 4) is 11.4 Å². The number of furan rings is 1. The van der Waals surface area contributed by atoms with E-state index < -0.39 is 0 Å². The lowest BCUT2D eigenvalue weighted by Crippen LogP contribution is -2.37. The SMILES string of the molecule is CN=C(NCc1cccc(-c2ncn[nH]2)c1)N(C)Cc1cc2ccccc2o1.I. The van der Waals surface area contributed by atoms with Crippen molar-refractivity contribution in [1.29, 1.82) is 0 Å². The largest absolute Gasteiger partial charge is 0.459 e. The third kappa shape index (κ3) is 4.94. The minimum atomic E-state index is 0. The molecule has 8 heteroatoms. The van der Waals surface area contributed by atoms with E-state index in [9.17, 15) is 0 Å². The third-order valence-corrected chi connectivity index (χ3v) is 4.51. The minimum absolute atomic E-state index is 0. The molecule has 0 radical (unpaired) electrons. The quantitative estimate of drug-likeness (QED) is 0.245. The summed E-state index contributed by atoms with van der Waals surface area (Å²) >= 11 is 0. The maximum absolute atomic E-state index is 5.91. The number of aromatic nitrogens is 3. The molecule has 0 aliphatic rings. The molecule has 0 saturated heterocycles. The Kier molecular flexibility index (Phi) is 6.86. The zero-order valence-corrected chi connectivity index (χ0v) is 18.6. The lowest BCUT2D eigenvalue weighted by Gasteiger charge is -2.21. The molecule has 2 aromatic carbocycles. The Labute approximate surface area is 186 Å². The number of rotatable bonds is 5. The summed E-state index contributed by atoms with van der Waals surface area (Å²) in [6.45, 7) is 1.28. The first-order valence-electron chi connectivity index (χ1n) is 9.07. The van der Waals surface area contributed by atoms with E-state index in [1.807, 2.05) is 42.3 Å². The minimum Gasteiger partial charge on any atom is -0.459 e. The summed E-state index contributed by atoms with van der Waals surface area (Å²) in [4.78, 5) is 10.6. The maximum atomic E-state index is 5.91. The van der Waals surface area contributed by atoms with Gasteiger partial charge < -0.3 is 14.6 Å². The molecule has 0 atom stereocenters. The van der Waals surface area contributed by atoms with Gasteiger partial charge in [0.1, 0.15) is 17.7 Å². The van der Waals surface area contributed by atoms with E-state index in [0.29, 0.717) is 13.1 Å². The van der Waals surface area contributed by atoms with Crippen LogP contribution in [-0.2, 0) is 13.1 Å². The molecule has 2 aromatic heterocycles. The lowest BCUT2D eigenvalue weighted by atomic mass is 10.1. The Bertz CT molecular complexity index is 1060. The van der Waals surface area contributed by atoms with Crippen molar-refractivity contribution < 1.29 is 4.42 Å². The number of halogens is 1. The number of aliphatic imine (C=N–C) groups is 1. The molecule has 0 aliphatic carbocycles. The van der Waals surface area contributed by atoms with Crippen LogP contribution < -0.4 is 5.32 Å². The Hall–Kier alpha value is -2.88. The second-order valence-corrected chi connectivity index (χ2v) is 6.54. The van der Waals surface area contributed by atoms with Gasteiger partial charge in [0.05, 0.1) is 6.54 Å². The summed E-state index contributed by atoms with van der Waals surface area (Å²) in [7, 11) is 3.77. The second-order valence-electron chi connectivity index (χ2n) is 6.54. The van der Waals surface area contributed by atoms with E-state index in [-0.39, 0.29) is 24.0 Å². The zero-order chi connectivity index (χ0) is 19.3. The smallest absolute Gasteiger partial charge is 0.194 e. The van der Waals surface area contributed by atoms with Crippen LogP contribution in [0.2, 0.25) is 0 Å². The molecule has 0 unspecified atom stereocenters. The van der Waals surface area contributed by atoms with E-state index in [2.05, 4.69) is 49.8 Å². The summed E-state index contributed by atoms with van der Waals surface area (Å²) in [5.41, 5.74) is 3.03. The Morgan fingerprint density at radius 2 is 2.03 bits per heavy atom. The van der Waals surface area contributed by atoms with E-state index in [4.69, 9.17) is 4.42 Å². The Balaban J connectivity index is 0.00000240. The molecule has 2 heterocycles. The third-order valence-electron chi connectivity index (χ3n) is 4.51. The topological polar surface area (TPSA) is 82.3 Å². The molecule has 7 nitrogen and oxygen atoms in total. The summed E-state index contributed by atoms with van der Waals surface area (Å²) in [5, 5.41) is 11.3. The van der Waals surface area contributed by atoms with Crippen molar-refractivity contribution in [1.82, 2.24) is 25.4 Å². The average molecular weight is 502 g/mol. The van der Waals surface area contributed by atoms with Crippen LogP contribution in [0.3, 0.4) is 0 Å². The number of guanidine groups is 1. The molecule has 150 valence electrons. The van der Waals surface area contributed by atoms with Crippen LogP contribution in [0.25, 0.3) is 22.4 Å². The zero-order valence-electron chi connectivity index (χ0n) is 16.3. The van der Waals surface area contributed by atoms with Crippen LogP contribution >= 0.6 is 24.0 Å². The predicted molar refractivity (Wildman–Crippen MR) is 125 cm³/mol. The number of para-hydroxylation sites is 1. The van der Waals surface area contributed by atoms with Crippen LogP contribution in [-0.4, -0.2) is 40.1 Å². The fourth-order valence-electron chi connectivity index (χ4n) is 3.16. The van der Waals surface area contributed by atoms with Gasteiger partial charge in [-0.2, -0.15) is 5.10 Å². The van der Waals surface area contributed by atoms with Gasteiger partial charge in [0.25, 0.3) is 0 Å². The van der Waals surface area contributed by atoms with E-state index in [0.717, 1.165) is 39.6 Å². The number of nitrogens with one attached hydrogen (secondary N) is 2.